The molecule has 0 radical (unpaired) electrons. The molecule has 18 heavy (non-hydrogen) atoms. The number of nitrogen functional groups attached to an aromatic ring is 1. The van der Waals surface area contributed by atoms with Crippen molar-refractivity contribution >= 4 is 11.8 Å². The summed E-state index contributed by atoms with van der Waals surface area (Å²) >= 11 is 0. The lowest BCUT2D eigenvalue weighted by Crippen LogP contribution is -2.19. The Balaban J connectivity index is 2.18. The summed E-state index contributed by atoms with van der Waals surface area (Å²) in [7, 11) is 3.58. The van der Waals surface area contributed by atoms with Crippen molar-refractivity contribution < 1.29 is 4.74 Å². The maximum Gasteiger partial charge on any atom is 0.227 e. The van der Waals surface area contributed by atoms with Crippen LogP contribution in [0.3, 0.4) is 0 Å². The number of hydrogen-bond acceptors (Lipinski definition) is 5. The number of benzene rings is 1. The van der Waals surface area contributed by atoms with Crippen LogP contribution in [0.15, 0.2) is 36.5 Å². The third-order valence-corrected chi connectivity index (χ3v) is 2.61. The summed E-state index contributed by atoms with van der Waals surface area (Å²) in [5.41, 5.74) is 6.72. The second-order valence-corrected chi connectivity index (χ2v) is 3.95. The Morgan fingerprint density at radius 2 is 2.06 bits per heavy atom. The van der Waals surface area contributed by atoms with Crippen LogP contribution in [0.5, 0.6) is 5.75 Å². The van der Waals surface area contributed by atoms with Gasteiger partial charge in [0.15, 0.2) is 0 Å². The molecule has 2 aromatic rings. The number of methoxy groups -OCH3 is 1. The van der Waals surface area contributed by atoms with Gasteiger partial charge < -0.3 is 15.4 Å². The molecule has 0 amide bonds. The van der Waals surface area contributed by atoms with E-state index in [0.29, 0.717) is 18.3 Å². The minimum Gasteiger partial charge on any atom is -0.496 e. The number of ether oxygens (including phenoxy) is 1. The van der Waals surface area contributed by atoms with Crippen molar-refractivity contribution in [3.8, 4) is 5.75 Å². The van der Waals surface area contributed by atoms with Gasteiger partial charge in [-0.1, -0.05) is 18.2 Å². The molecule has 1 aromatic carbocycles. The van der Waals surface area contributed by atoms with Crippen LogP contribution in [-0.4, -0.2) is 24.1 Å². The highest BCUT2D eigenvalue weighted by Gasteiger charge is 2.08. The topological polar surface area (TPSA) is 64.3 Å². The molecule has 0 fully saturated rings. The third-order valence-electron chi connectivity index (χ3n) is 2.61. The fourth-order valence-corrected chi connectivity index (χ4v) is 1.71. The lowest BCUT2D eigenvalue weighted by atomic mass is 10.2. The largest absolute Gasteiger partial charge is 0.496 e. The molecule has 1 aromatic heterocycles. The van der Waals surface area contributed by atoms with Crippen molar-refractivity contribution in [2.75, 3.05) is 24.8 Å². The van der Waals surface area contributed by atoms with E-state index in [1.807, 2.05) is 36.2 Å². The highest BCUT2D eigenvalue weighted by atomic mass is 16.5. The minimum atomic E-state index is 0.465. The molecule has 0 bridgehead atoms. The molecule has 0 saturated heterocycles. The summed E-state index contributed by atoms with van der Waals surface area (Å²) in [5, 5.41) is 0. The summed E-state index contributed by atoms with van der Waals surface area (Å²) in [5.74, 6) is 1.92. The monoisotopic (exact) mass is 244 g/mol. The lowest BCUT2D eigenvalue weighted by Gasteiger charge is -2.18. The average molecular weight is 244 g/mol. The van der Waals surface area contributed by atoms with E-state index in [0.717, 1.165) is 11.3 Å². The minimum absolute atomic E-state index is 0.465. The van der Waals surface area contributed by atoms with Gasteiger partial charge in [0.2, 0.25) is 5.95 Å². The molecule has 2 N–H and O–H groups in total. The molecule has 1 heterocycles. The molecular formula is C13H16N4O. The first-order chi connectivity index (χ1) is 8.70. The Morgan fingerprint density at radius 1 is 1.28 bits per heavy atom. The van der Waals surface area contributed by atoms with Crippen LogP contribution in [0.25, 0.3) is 0 Å². The number of hydrogen-bond donors (Lipinski definition) is 1. The van der Waals surface area contributed by atoms with Gasteiger partial charge >= 0.3 is 0 Å². The normalized spacial score (nSPS) is 10.1. The number of aromatic nitrogens is 2. The molecule has 0 aliphatic rings. The first-order valence-corrected chi connectivity index (χ1v) is 5.62. The van der Waals surface area contributed by atoms with Crippen molar-refractivity contribution in [1.82, 2.24) is 9.97 Å². The van der Waals surface area contributed by atoms with E-state index in [2.05, 4.69) is 9.97 Å². The molecule has 5 nitrogen and oxygen atoms in total. The zero-order valence-corrected chi connectivity index (χ0v) is 10.5. The smallest absolute Gasteiger partial charge is 0.227 e. The van der Waals surface area contributed by atoms with E-state index in [9.17, 15) is 0 Å². The van der Waals surface area contributed by atoms with E-state index in [4.69, 9.17) is 10.5 Å². The number of nitrogens with zero attached hydrogens (tertiary/aromatic N) is 3. The van der Waals surface area contributed by atoms with Crippen LogP contribution < -0.4 is 15.4 Å². The van der Waals surface area contributed by atoms with Gasteiger partial charge in [0.25, 0.3) is 0 Å². The average Bonchev–Trinajstić information content (AvgIpc) is 2.39. The summed E-state index contributed by atoms with van der Waals surface area (Å²) in [6.07, 6.45) is 1.65. The molecule has 0 aliphatic heterocycles. The Kier molecular flexibility index (Phi) is 3.62. The van der Waals surface area contributed by atoms with Gasteiger partial charge in [-0.2, -0.15) is 4.98 Å². The Hall–Kier alpha value is -2.30. The van der Waals surface area contributed by atoms with Crippen LogP contribution >= 0.6 is 0 Å². The van der Waals surface area contributed by atoms with Gasteiger partial charge in [-0.15, -0.1) is 0 Å². The van der Waals surface area contributed by atoms with Crippen LogP contribution in [0, 0.1) is 0 Å². The summed E-state index contributed by atoms with van der Waals surface area (Å²) in [6, 6.07) is 9.54. The van der Waals surface area contributed by atoms with Crippen LogP contribution in [0.4, 0.5) is 11.8 Å². The van der Waals surface area contributed by atoms with Gasteiger partial charge in [-0.25, -0.2) is 4.98 Å². The van der Waals surface area contributed by atoms with Crippen LogP contribution in [0.2, 0.25) is 0 Å². The molecule has 0 saturated carbocycles. The molecule has 0 atom stereocenters. The summed E-state index contributed by atoms with van der Waals surface area (Å²) in [6.45, 7) is 0.660. The zero-order valence-electron chi connectivity index (χ0n) is 10.5. The van der Waals surface area contributed by atoms with E-state index >= 15 is 0 Å². The first-order valence-electron chi connectivity index (χ1n) is 5.62. The van der Waals surface area contributed by atoms with Crippen molar-refractivity contribution in [2.24, 2.45) is 0 Å². The Labute approximate surface area is 106 Å². The van der Waals surface area contributed by atoms with E-state index in [-0.39, 0.29) is 0 Å². The molecule has 94 valence electrons. The fourth-order valence-electron chi connectivity index (χ4n) is 1.71. The number of rotatable bonds is 4. The second-order valence-electron chi connectivity index (χ2n) is 3.95. The van der Waals surface area contributed by atoms with Crippen LogP contribution in [0.1, 0.15) is 5.56 Å². The summed E-state index contributed by atoms with van der Waals surface area (Å²) in [4.78, 5) is 10.3. The maximum atomic E-state index is 5.64. The molecule has 2 rings (SSSR count). The van der Waals surface area contributed by atoms with Crippen molar-refractivity contribution in [3.05, 3.63) is 42.1 Å². The highest BCUT2D eigenvalue weighted by molar-refractivity contribution is 5.41. The van der Waals surface area contributed by atoms with Gasteiger partial charge in [0, 0.05) is 25.4 Å². The number of nitrogens with two attached hydrogens (primary N) is 1. The first kappa shape index (κ1) is 12.2. The fraction of sp³-hybridized carbons (Fsp3) is 0.231. The molecule has 5 heteroatoms. The van der Waals surface area contributed by atoms with Crippen molar-refractivity contribution in [3.63, 3.8) is 0 Å². The standard InChI is InChI=1S/C13H16N4O/c1-17(13-15-8-7-12(14)16-13)9-10-5-3-4-6-11(10)18-2/h3-8H,9H2,1-2H3,(H2,14,15,16). The molecule has 0 aliphatic carbocycles. The predicted octanol–water partition coefficient (Wildman–Crippen LogP) is 1.70. The van der Waals surface area contributed by atoms with E-state index in [1.54, 1.807) is 19.4 Å². The Bertz CT molecular complexity index is 530. The number of para-hydroxylation sites is 1. The quantitative estimate of drug-likeness (QED) is 0.886. The van der Waals surface area contributed by atoms with Crippen LogP contribution in [-0.2, 0) is 6.54 Å². The molecule has 0 spiro atoms. The molecule has 0 unspecified atom stereocenters. The second kappa shape index (κ2) is 5.35. The maximum absolute atomic E-state index is 5.64. The van der Waals surface area contributed by atoms with Gasteiger partial charge in [-0.3, -0.25) is 0 Å². The SMILES string of the molecule is COc1ccccc1CN(C)c1nccc(N)n1. The molecular weight excluding hydrogens is 228 g/mol. The predicted molar refractivity (Wildman–Crippen MR) is 71.5 cm³/mol. The van der Waals surface area contributed by atoms with E-state index in [1.165, 1.54) is 0 Å². The van der Waals surface area contributed by atoms with Crippen molar-refractivity contribution in [1.29, 1.82) is 0 Å². The third kappa shape index (κ3) is 2.68. The summed E-state index contributed by atoms with van der Waals surface area (Å²) < 4.78 is 5.31. The van der Waals surface area contributed by atoms with Gasteiger partial charge in [0.05, 0.1) is 7.11 Å². The Morgan fingerprint density at radius 3 is 2.78 bits per heavy atom. The van der Waals surface area contributed by atoms with Gasteiger partial charge in [-0.05, 0) is 12.1 Å². The van der Waals surface area contributed by atoms with E-state index < -0.39 is 0 Å². The highest BCUT2D eigenvalue weighted by Crippen LogP contribution is 2.20. The zero-order chi connectivity index (χ0) is 13.0. The lowest BCUT2D eigenvalue weighted by molar-refractivity contribution is 0.409. The van der Waals surface area contributed by atoms with Gasteiger partial charge in [0.1, 0.15) is 11.6 Å². The number of anilines is 2. The van der Waals surface area contributed by atoms with Crippen molar-refractivity contribution in [2.45, 2.75) is 6.54 Å².